The van der Waals surface area contributed by atoms with Gasteiger partial charge in [-0.25, -0.2) is 4.39 Å². The second-order valence-corrected chi connectivity index (χ2v) is 5.26. The highest BCUT2D eigenvalue weighted by Crippen LogP contribution is 2.22. The van der Waals surface area contributed by atoms with Crippen LogP contribution in [0.5, 0.6) is 0 Å². The van der Waals surface area contributed by atoms with Gasteiger partial charge < -0.3 is 5.32 Å². The Morgan fingerprint density at radius 3 is 2.63 bits per heavy atom. The molecular formula is C15H16BrFN2. The van der Waals surface area contributed by atoms with Gasteiger partial charge in [-0.05, 0) is 65.1 Å². The highest BCUT2D eigenvalue weighted by molar-refractivity contribution is 9.10. The van der Waals surface area contributed by atoms with Crippen LogP contribution >= 0.6 is 15.9 Å². The number of benzene rings is 1. The molecule has 0 aliphatic carbocycles. The summed E-state index contributed by atoms with van der Waals surface area (Å²) in [7, 11) is 1.93. The quantitative estimate of drug-likeness (QED) is 0.913. The summed E-state index contributed by atoms with van der Waals surface area (Å²) < 4.78 is 14.0. The third-order valence-corrected chi connectivity index (χ3v) is 4.03. The normalized spacial score (nSPS) is 12.4. The van der Waals surface area contributed by atoms with Crippen LogP contribution < -0.4 is 5.32 Å². The zero-order chi connectivity index (χ0) is 13.7. The summed E-state index contributed by atoms with van der Waals surface area (Å²) in [6.07, 6.45) is 5.25. The minimum absolute atomic E-state index is 0.212. The van der Waals surface area contributed by atoms with Gasteiger partial charge in [0.2, 0.25) is 0 Å². The Bertz CT molecular complexity index is 531. The fraction of sp³-hybridized carbons (Fsp3) is 0.267. The monoisotopic (exact) mass is 322 g/mol. The van der Waals surface area contributed by atoms with Gasteiger partial charge in [0, 0.05) is 18.4 Å². The SMILES string of the molecule is CNC(Cc1ccncc1)Cc1cccc(F)c1Br. The minimum Gasteiger partial charge on any atom is -0.316 e. The topological polar surface area (TPSA) is 24.9 Å². The molecule has 100 valence electrons. The molecule has 0 aliphatic heterocycles. The number of nitrogens with one attached hydrogen (secondary N) is 1. The van der Waals surface area contributed by atoms with Crippen molar-refractivity contribution in [2.45, 2.75) is 18.9 Å². The largest absolute Gasteiger partial charge is 0.316 e. The van der Waals surface area contributed by atoms with E-state index in [0.29, 0.717) is 4.47 Å². The van der Waals surface area contributed by atoms with Crippen LogP contribution in [0.3, 0.4) is 0 Å². The van der Waals surface area contributed by atoms with Crippen molar-refractivity contribution in [3.05, 3.63) is 64.1 Å². The van der Waals surface area contributed by atoms with Crippen LogP contribution in [0.4, 0.5) is 4.39 Å². The Kier molecular flexibility index (Phi) is 5.05. The van der Waals surface area contributed by atoms with E-state index in [1.165, 1.54) is 11.6 Å². The van der Waals surface area contributed by atoms with Crippen molar-refractivity contribution in [2.24, 2.45) is 0 Å². The summed E-state index contributed by atoms with van der Waals surface area (Å²) in [6.45, 7) is 0. The molecular weight excluding hydrogens is 307 g/mol. The van der Waals surface area contributed by atoms with E-state index in [1.54, 1.807) is 18.5 Å². The van der Waals surface area contributed by atoms with Crippen molar-refractivity contribution >= 4 is 15.9 Å². The maximum absolute atomic E-state index is 13.5. The number of aromatic nitrogens is 1. The molecule has 0 saturated heterocycles. The molecule has 0 bridgehead atoms. The zero-order valence-corrected chi connectivity index (χ0v) is 12.3. The number of hydrogen-bond donors (Lipinski definition) is 1. The molecule has 0 spiro atoms. The van der Waals surface area contributed by atoms with E-state index < -0.39 is 0 Å². The van der Waals surface area contributed by atoms with Crippen LogP contribution in [0, 0.1) is 5.82 Å². The Hall–Kier alpha value is -1.26. The average molecular weight is 323 g/mol. The van der Waals surface area contributed by atoms with Crippen molar-refractivity contribution in [3.63, 3.8) is 0 Å². The van der Waals surface area contributed by atoms with Gasteiger partial charge in [0.1, 0.15) is 5.82 Å². The molecule has 1 N–H and O–H groups in total. The van der Waals surface area contributed by atoms with E-state index in [0.717, 1.165) is 18.4 Å². The van der Waals surface area contributed by atoms with Crippen molar-refractivity contribution < 1.29 is 4.39 Å². The highest BCUT2D eigenvalue weighted by Gasteiger charge is 2.12. The van der Waals surface area contributed by atoms with E-state index in [9.17, 15) is 4.39 Å². The second kappa shape index (κ2) is 6.78. The molecule has 1 atom stereocenters. The van der Waals surface area contributed by atoms with Crippen molar-refractivity contribution in [1.82, 2.24) is 10.3 Å². The molecule has 19 heavy (non-hydrogen) atoms. The van der Waals surface area contributed by atoms with Crippen molar-refractivity contribution in [1.29, 1.82) is 0 Å². The lowest BCUT2D eigenvalue weighted by Gasteiger charge is -2.17. The van der Waals surface area contributed by atoms with Gasteiger partial charge in [-0.1, -0.05) is 12.1 Å². The summed E-state index contributed by atoms with van der Waals surface area (Å²) in [6, 6.07) is 9.43. The molecule has 0 fully saturated rings. The maximum atomic E-state index is 13.5. The molecule has 0 radical (unpaired) electrons. The van der Waals surface area contributed by atoms with Gasteiger partial charge in [-0.15, -0.1) is 0 Å². The Morgan fingerprint density at radius 2 is 1.95 bits per heavy atom. The predicted octanol–water partition coefficient (Wildman–Crippen LogP) is 3.36. The number of pyridine rings is 1. The van der Waals surface area contributed by atoms with E-state index in [2.05, 4.69) is 26.2 Å². The molecule has 2 rings (SSSR count). The van der Waals surface area contributed by atoms with E-state index in [1.807, 2.05) is 25.2 Å². The van der Waals surface area contributed by atoms with Gasteiger partial charge in [-0.3, -0.25) is 4.98 Å². The molecule has 1 heterocycles. The van der Waals surface area contributed by atoms with Crippen LogP contribution in [0.1, 0.15) is 11.1 Å². The van der Waals surface area contributed by atoms with Crippen LogP contribution in [0.15, 0.2) is 47.2 Å². The number of hydrogen-bond acceptors (Lipinski definition) is 2. The smallest absolute Gasteiger partial charge is 0.137 e. The minimum atomic E-state index is -0.212. The molecule has 1 aromatic carbocycles. The first-order chi connectivity index (χ1) is 9.20. The molecule has 1 unspecified atom stereocenters. The van der Waals surface area contributed by atoms with Gasteiger partial charge >= 0.3 is 0 Å². The van der Waals surface area contributed by atoms with E-state index >= 15 is 0 Å². The van der Waals surface area contributed by atoms with Crippen LogP contribution in [0.25, 0.3) is 0 Å². The van der Waals surface area contributed by atoms with Gasteiger partial charge in [0.25, 0.3) is 0 Å². The lowest BCUT2D eigenvalue weighted by molar-refractivity contribution is 0.550. The summed E-state index contributed by atoms with van der Waals surface area (Å²) in [5.41, 5.74) is 2.20. The van der Waals surface area contributed by atoms with E-state index in [4.69, 9.17) is 0 Å². The van der Waals surface area contributed by atoms with E-state index in [-0.39, 0.29) is 11.9 Å². The fourth-order valence-corrected chi connectivity index (χ4v) is 2.48. The summed E-state index contributed by atoms with van der Waals surface area (Å²) in [5.74, 6) is -0.212. The predicted molar refractivity (Wildman–Crippen MR) is 78.6 cm³/mol. The van der Waals surface area contributed by atoms with Gasteiger partial charge in [0.15, 0.2) is 0 Å². The zero-order valence-electron chi connectivity index (χ0n) is 10.7. The molecule has 0 saturated carbocycles. The van der Waals surface area contributed by atoms with Gasteiger partial charge in [-0.2, -0.15) is 0 Å². The Labute approximate surface area is 121 Å². The molecule has 0 aliphatic rings. The maximum Gasteiger partial charge on any atom is 0.137 e. The van der Waals surface area contributed by atoms with Crippen LogP contribution in [-0.4, -0.2) is 18.1 Å². The van der Waals surface area contributed by atoms with Crippen LogP contribution in [-0.2, 0) is 12.8 Å². The van der Waals surface area contributed by atoms with Gasteiger partial charge in [0.05, 0.1) is 4.47 Å². The van der Waals surface area contributed by atoms with Crippen molar-refractivity contribution in [2.75, 3.05) is 7.05 Å². The summed E-state index contributed by atoms with van der Waals surface area (Å²) >= 11 is 3.31. The first-order valence-corrected chi connectivity index (χ1v) is 6.99. The fourth-order valence-electron chi connectivity index (χ4n) is 2.05. The van der Waals surface area contributed by atoms with Crippen molar-refractivity contribution in [3.8, 4) is 0 Å². The number of rotatable bonds is 5. The lowest BCUT2D eigenvalue weighted by atomic mass is 10.00. The number of likely N-dealkylation sites (N-methyl/N-ethyl adjacent to an activating group) is 1. The lowest BCUT2D eigenvalue weighted by Crippen LogP contribution is -2.30. The third-order valence-electron chi connectivity index (χ3n) is 3.14. The third kappa shape index (κ3) is 3.85. The van der Waals surface area contributed by atoms with Crippen LogP contribution in [0.2, 0.25) is 0 Å². The number of halogens is 2. The first-order valence-electron chi connectivity index (χ1n) is 6.19. The highest BCUT2D eigenvalue weighted by atomic mass is 79.9. The molecule has 2 nitrogen and oxygen atoms in total. The molecule has 1 aromatic heterocycles. The average Bonchev–Trinajstić information content (AvgIpc) is 2.44. The number of nitrogens with zero attached hydrogens (tertiary/aromatic N) is 1. The summed E-state index contributed by atoms with van der Waals surface area (Å²) in [4.78, 5) is 4.01. The standard InChI is InChI=1S/C15H16BrFN2/c1-18-13(9-11-5-7-19-8-6-11)10-12-3-2-4-14(17)15(12)16/h2-8,13,18H,9-10H2,1H3. The second-order valence-electron chi connectivity index (χ2n) is 4.46. The Balaban J connectivity index is 2.09. The molecule has 4 heteroatoms. The molecule has 0 amide bonds. The Morgan fingerprint density at radius 1 is 1.21 bits per heavy atom. The first kappa shape index (κ1) is 14.2. The molecule has 2 aromatic rings. The summed E-state index contributed by atoms with van der Waals surface area (Å²) in [5, 5.41) is 3.28.